The van der Waals surface area contributed by atoms with Crippen molar-refractivity contribution in [1.82, 2.24) is 0 Å². The van der Waals surface area contributed by atoms with E-state index in [4.69, 9.17) is 19.3 Å². The summed E-state index contributed by atoms with van der Waals surface area (Å²) in [6, 6.07) is 0. The zero-order chi connectivity index (χ0) is 18.7. The Kier molecular flexibility index (Phi) is 10.6. The summed E-state index contributed by atoms with van der Waals surface area (Å²) in [5.41, 5.74) is 0. The van der Waals surface area contributed by atoms with Gasteiger partial charge in [-0.15, -0.1) is 0 Å². The zero-order valence-electron chi connectivity index (χ0n) is 14.0. The van der Waals surface area contributed by atoms with E-state index in [1.807, 2.05) is 0 Å². The highest BCUT2D eigenvalue weighted by Gasteiger charge is 2.41. The number of hydrogen-bond acceptors (Lipinski definition) is 9. The van der Waals surface area contributed by atoms with Crippen molar-refractivity contribution in [3.8, 4) is 0 Å². The Bertz CT molecular complexity index is 435. The van der Waals surface area contributed by atoms with Crippen molar-refractivity contribution in [1.29, 1.82) is 0 Å². The molecular formula is C15H24O9. The minimum atomic E-state index is -1.64. The lowest BCUT2D eigenvalue weighted by Crippen LogP contribution is -2.52. The van der Waals surface area contributed by atoms with E-state index in [-0.39, 0.29) is 19.1 Å². The quantitative estimate of drug-likeness (QED) is 0.288. The van der Waals surface area contributed by atoms with Crippen molar-refractivity contribution >= 4 is 24.2 Å². The van der Waals surface area contributed by atoms with Crippen LogP contribution in [0.1, 0.15) is 40.0 Å². The molecule has 0 aromatic carbocycles. The van der Waals surface area contributed by atoms with Gasteiger partial charge in [-0.25, -0.2) is 0 Å². The first-order valence-corrected chi connectivity index (χ1v) is 7.60. The van der Waals surface area contributed by atoms with Crippen molar-refractivity contribution in [2.24, 2.45) is 0 Å². The van der Waals surface area contributed by atoms with Crippen LogP contribution in [0.5, 0.6) is 0 Å². The summed E-state index contributed by atoms with van der Waals surface area (Å²) in [6.07, 6.45) is -5.77. The highest BCUT2D eigenvalue weighted by Crippen LogP contribution is 2.17. The third-order valence-corrected chi connectivity index (χ3v) is 2.93. The SMILES string of the molecule is CCCC(=O)O[C@@H]([C@H](OC(C)=O)[C@H](O)CO)[C@H](C=O)OC(=O)CC. The summed E-state index contributed by atoms with van der Waals surface area (Å²) in [5, 5.41) is 18.9. The number of rotatable bonds is 11. The van der Waals surface area contributed by atoms with Crippen LogP contribution in [-0.4, -0.2) is 65.4 Å². The summed E-state index contributed by atoms with van der Waals surface area (Å²) >= 11 is 0. The number of hydrogen-bond donors (Lipinski definition) is 2. The summed E-state index contributed by atoms with van der Waals surface area (Å²) in [7, 11) is 0. The molecule has 0 aliphatic carbocycles. The van der Waals surface area contributed by atoms with E-state index in [0.717, 1.165) is 6.92 Å². The van der Waals surface area contributed by atoms with Gasteiger partial charge in [-0.05, 0) is 6.42 Å². The van der Waals surface area contributed by atoms with E-state index in [1.54, 1.807) is 6.92 Å². The molecule has 0 saturated heterocycles. The van der Waals surface area contributed by atoms with Crippen molar-refractivity contribution in [2.45, 2.75) is 64.4 Å². The molecule has 9 nitrogen and oxygen atoms in total. The van der Waals surface area contributed by atoms with Gasteiger partial charge in [-0.2, -0.15) is 0 Å². The fourth-order valence-electron chi connectivity index (χ4n) is 1.80. The van der Waals surface area contributed by atoms with Crippen LogP contribution in [0.25, 0.3) is 0 Å². The average Bonchev–Trinajstić information content (AvgIpc) is 2.54. The van der Waals surface area contributed by atoms with E-state index in [2.05, 4.69) is 0 Å². The van der Waals surface area contributed by atoms with E-state index < -0.39 is 48.9 Å². The molecule has 0 aliphatic rings. The molecule has 0 aromatic rings. The second-order valence-corrected chi connectivity index (χ2v) is 4.97. The molecule has 0 rings (SSSR count). The first-order valence-electron chi connectivity index (χ1n) is 7.60. The molecule has 0 aromatic heterocycles. The Morgan fingerprint density at radius 3 is 2.08 bits per heavy atom. The molecule has 4 atom stereocenters. The second kappa shape index (κ2) is 11.5. The topological polar surface area (TPSA) is 136 Å². The van der Waals surface area contributed by atoms with Crippen LogP contribution in [0.4, 0.5) is 0 Å². The molecule has 0 heterocycles. The van der Waals surface area contributed by atoms with Crippen LogP contribution in [0, 0.1) is 0 Å². The predicted octanol–water partition coefficient (Wildman–Crippen LogP) is -0.496. The monoisotopic (exact) mass is 348 g/mol. The van der Waals surface area contributed by atoms with Crippen molar-refractivity contribution in [2.75, 3.05) is 6.61 Å². The third kappa shape index (κ3) is 7.51. The second-order valence-electron chi connectivity index (χ2n) is 4.97. The molecule has 0 fully saturated rings. The Morgan fingerprint density at radius 2 is 1.67 bits per heavy atom. The van der Waals surface area contributed by atoms with Gasteiger partial charge in [-0.3, -0.25) is 19.2 Å². The van der Waals surface area contributed by atoms with Gasteiger partial charge in [0.2, 0.25) is 0 Å². The first kappa shape index (κ1) is 22.0. The maximum Gasteiger partial charge on any atom is 0.306 e. The van der Waals surface area contributed by atoms with Gasteiger partial charge in [0.05, 0.1) is 6.61 Å². The van der Waals surface area contributed by atoms with E-state index in [1.165, 1.54) is 6.92 Å². The first-order chi connectivity index (χ1) is 11.3. The minimum absolute atomic E-state index is 0.00577. The van der Waals surface area contributed by atoms with Crippen LogP contribution < -0.4 is 0 Å². The number of aliphatic hydroxyl groups is 2. The van der Waals surface area contributed by atoms with Gasteiger partial charge in [-0.1, -0.05) is 13.8 Å². The van der Waals surface area contributed by atoms with E-state index >= 15 is 0 Å². The summed E-state index contributed by atoms with van der Waals surface area (Å²) in [6.45, 7) is 3.42. The molecule has 0 spiro atoms. The predicted molar refractivity (Wildman–Crippen MR) is 79.7 cm³/mol. The van der Waals surface area contributed by atoms with E-state index in [0.29, 0.717) is 6.42 Å². The molecule has 0 aliphatic heterocycles. The number of esters is 3. The van der Waals surface area contributed by atoms with Gasteiger partial charge < -0.3 is 24.4 Å². The van der Waals surface area contributed by atoms with Crippen molar-refractivity contribution in [3.63, 3.8) is 0 Å². The minimum Gasteiger partial charge on any atom is -0.456 e. The molecule has 2 N–H and O–H groups in total. The maximum absolute atomic E-state index is 11.8. The molecule has 0 radical (unpaired) electrons. The lowest BCUT2D eigenvalue weighted by atomic mass is 10.0. The van der Waals surface area contributed by atoms with Gasteiger partial charge in [0, 0.05) is 19.8 Å². The summed E-state index contributed by atoms with van der Waals surface area (Å²) in [5.74, 6) is -2.32. The molecule has 0 bridgehead atoms. The molecule has 0 unspecified atom stereocenters. The lowest BCUT2D eigenvalue weighted by molar-refractivity contribution is -0.195. The maximum atomic E-state index is 11.8. The lowest BCUT2D eigenvalue weighted by Gasteiger charge is -2.32. The standard InChI is InChI=1S/C15H24O9/c1-4-6-13(21)24-15(11(8-17)23-12(20)5-2)14(10(19)7-16)22-9(3)18/h8,10-11,14-16,19H,4-7H2,1-3H3/t10-,11+,14-,15-/m1/s1. The average molecular weight is 348 g/mol. The van der Waals surface area contributed by atoms with Crippen molar-refractivity contribution in [3.05, 3.63) is 0 Å². The molecule has 24 heavy (non-hydrogen) atoms. The Morgan fingerprint density at radius 1 is 1.04 bits per heavy atom. The number of carbonyl (C=O) groups excluding carboxylic acids is 4. The normalized spacial score (nSPS) is 15.5. The van der Waals surface area contributed by atoms with Crippen LogP contribution in [0.2, 0.25) is 0 Å². The molecule has 138 valence electrons. The van der Waals surface area contributed by atoms with Gasteiger partial charge in [0.25, 0.3) is 0 Å². The molecule has 0 amide bonds. The van der Waals surface area contributed by atoms with E-state index in [9.17, 15) is 24.3 Å². The number of aldehydes is 1. The smallest absolute Gasteiger partial charge is 0.306 e. The van der Waals surface area contributed by atoms with Gasteiger partial charge in [0.1, 0.15) is 6.10 Å². The Labute approximate surface area is 139 Å². The Balaban J connectivity index is 5.58. The summed E-state index contributed by atoms with van der Waals surface area (Å²) < 4.78 is 14.8. The number of ether oxygens (including phenoxy) is 3. The molecular weight excluding hydrogens is 324 g/mol. The fourth-order valence-corrected chi connectivity index (χ4v) is 1.80. The highest BCUT2D eigenvalue weighted by atomic mass is 16.6. The summed E-state index contributed by atoms with van der Waals surface area (Å²) in [4.78, 5) is 45.7. The van der Waals surface area contributed by atoms with Crippen LogP contribution in [0.15, 0.2) is 0 Å². The van der Waals surface area contributed by atoms with Crippen LogP contribution >= 0.6 is 0 Å². The number of carbonyl (C=O) groups is 4. The third-order valence-electron chi connectivity index (χ3n) is 2.93. The molecule has 0 saturated carbocycles. The number of aliphatic hydroxyl groups excluding tert-OH is 2. The van der Waals surface area contributed by atoms with Gasteiger partial charge >= 0.3 is 17.9 Å². The van der Waals surface area contributed by atoms with Crippen molar-refractivity contribution < 1.29 is 43.6 Å². The Hall–Kier alpha value is -2.00. The van der Waals surface area contributed by atoms with Crippen LogP contribution in [0.3, 0.4) is 0 Å². The highest BCUT2D eigenvalue weighted by molar-refractivity contribution is 5.74. The van der Waals surface area contributed by atoms with Crippen LogP contribution in [-0.2, 0) is 33.4 Å². The fraction of sp³-hybridized carbons (Fsp3) is 0.733. The van der Waals surface area contributed by atoms with Gasteiger partial charge in [0.15, 0.2) is 24.6 Å². The zero-order valence-corrected chi connectivity index (χ0v) is 14.0. The largest absolute Gasteiger partial charge is 0.456 e. The molecule has 9 heteroatoms.